The number of nitro groups is 1. The summed E-state index contributed by atoms with van der Waals surface area (Å²) in [5.74, 6) is 0.880. The number of hydrogen-bond acceptors (Lipinski definition) is 4. The first kappa shape index (κ1) is 17.0. The van der Waals surface area contributed by atoms with E-state index in [1.165, 1.54) is 5.56 Å². The van der Waals surface area contributed by atoms with Crippen LogP contribution in [0.5, 0.6) is 5.75 Å². The van der Waals surface area contributed by atoms with Crippen LogP contribution < -0.4 is 4.74 Å². The van der Waals surface area contributed by atoms with Gasteiger partial charge in [-0.05, 0) is 43.7 Å². The molecule has 0 bridgehead atoms. The highest BCUT2D eigenvalue weighted by atomic mass is 16.6. The minimum atomic E-state index is -0.328. The standard InChI is InChI=1S/C18H22N2O3/c1-13-10-15(8-9-18(13)23-4)11-19(3)12-16-6-5-7-17(14(16)2)20(21)22/h5-10H,11-12H2,1-4H3. The second kappa shape index (κ2) is 7.24. The number of aryl methyl sites for hydroxylation is 1. The molecule has 0 N–H and O–H groups in total. The third-order valence-electron chi connectivity index (χ3n) is 3.97. The Bertz CT molecular complexity index is 713. The largest absolute Gasteiger partial charge is 0.496 e. The molecule has 0 radical (unpaired) electrons. The fourth-order valence-electron chi connectivity index (χ4n) is 2.74. The van der Waals surface area contributed by atoms with Crippen molar-refractivity contribution < 1.29 is 9.66 Å². The SMILES string of the molecule is COc1ccc(CN(C)Cc2cccc([N+](=O)[O-])c2C)cc1C. The van der Waals surface area contributed by atoms with E-state index in [9.17, 15) is 10.1 Å². The first-order chi connectivity index (χ1) is 10.9. The van der Waals surface area contributed by atoms with Crippen molar-refractivity contribution >= 4 is 5.69 Å². The van der Waals surface area contributed by atoms with E-state index in [4.69, 9.17) is 4.74 Å². The van der Waals surface area contributed by atoms with Crippen molar-refractivity contribution in [3.63, 3.8) is 0 Å². The second-order valence-corrected chi connectivity index (χ2v) is 5.79. The van der Waals surface area contributed by atoms with Crippen LogP contribution in [0.1, 0.15) is 22.3 Å². The van der Waals surface area contributed by atoms with Gasteiger partial charge in [0.15, 0.2) is 0 Å². The van der Waals surface area contributed by atoms with E-state index in [0.29, 0.717) is 6.54 Å². The number of benzene rings is 2. The Morgan fingerprint density at radius 1 is 1.17 bits per heavy atom. The van der Waals surface area contributed by atoms with Gasteiger partial charge in [-0.15, -0.1) is 0 Å². The minimum absolute atomic E-state index is 0.177. The molecule has 5 heteroatoms. The summed E-state index contributed by atoms with van der Waals surface area (Å²) >= 11 is 0. The highest BCUT2D eigenvalue weighted by Crippen LogP contribution is 2.23. The average molecular weight is 314 g/mol. The quantitative estimate of drug-likeness (QED) is 0.600. The van der Waals surface area contributed by atoms with Crippen molar-refractivity contribution in [2.45, 2.75) is 26.9 Å². The first-order valence-corrected chi connectivity index (χ1v) is 7.47. The molecular formula is C18H22N2O3. The molecule has 2 aromatic carbocycles. The van der Waals surface area contributed by atoms with Crippen molar-refractivity contribution in [1.29, 1.82) is 0 Å². The monoisotopic (exact) mass is 314 g/mol. The van der Waals surface area contributed by atoms with Crippen LogP contribution >= 0.6 is 0 Å². The molecule has 0 heterocycles. The first-order valence-electron chi connectivity index (χ1n) is 7.47. The summed E-state index contributed by atoms with van der Waals surface area (Å²) in [4.78, 5) is 12.8. The van der Waals surface area contributed by atoms with Crippen LogP contribution in [0.2, 0.25) is 0 Å². The van der Waals surface area contributed by atoms with Crippen molar-refractivity contribution in [1.82, 2.24) is 4.90 Å². The molecule has 0 aliphatic heterocycles. The van der Waals surface area contributed by atoms with Crippen molar-refractivity contribution in [3.8, 4) is 5.75 Å². The van der Waals surface area contributed by atoms with Gasteiger partial charge in [-0.2, -0.15) is 0 Å². The molecule has 2 aromatic rings. The molecule has 0 aliphatic rings. The van der Waals surface area contributed by atoms with E-state index in [0.717, 1.165) is 29.0 Å². The molecule has 0 amide bonds. The molecule has 0 fully saturated rings. The minimum Gasteiger partial charge on any atom is -0.496 e. The predicted octanol–water partition coefficient (Wildman–Crippen LogP) is 3.85. The second-order valence-electron chi connectivity index (χ2n) is 5.79. The highest BCUT2D eigenvalue weighted by molar-refractivity contribution is 5.44. The maximum atomic E-state index is 11.0. The summed E-state index contributed by atoms with van der Waals surface area (Å²) in [5.41, 5.74) is 4.18. The number of methoxy groups -OCH3 is 1. The molecule has 0 saturated heterocycles. The Hall–Kier alpha value is -2.40. The van der Waals surface area contributed by atoms with Gasteiger partial charge in [0, 0.05) is 24.7 Å². The van der Waals surface area contributed by atoms with Gasteiger partial charge >= 0.3 is 0 Å². The molecule has 0 atom stereocenters. The smallest absolute Gasteiger partial charge is 0.272 e. The molecule has 5 nitrogen and oxygen atoms in total. The molecule has 0 unspecified atom stereocenters. The zero-order valence-corrected chi connectivity index (χ0v) is 14.0. The molecule has 0 aromatic heterocycles. The Morgan fingerprint density at radius 2 is 1.91 bits per heavy atom. The third kappa shape index (κ3) is 4.07. The van der Waals surface area contributed by atoms with Gasteiger partial charge in [0.1, 0.15) is 5.75 Å². The van der Waals surface area contributed by atoms with Gasteiger partial charge in [-0.25, -0.2) is 0 Å². The molecule has 0 saturated carbocycles. The Kier molecular flexibility index (Phi) is 5.34. The third-order valence-corrected chi connectivity index (χ3v) is 3.97. The lowest BCUT2D eigenvalue weighted by molar-refractivity contribution is -0.385. The normalized spacial score (nSPS) is 10.8. The molecule has 23 heavy (non-hydrogen) atoms. The number of ether oxygens (including phenoxy) is 1. The van der Waals surface area contributed by atoms with Gasteiger partial charge in [-0.3, -0.25) is 15.0 Å². The Labute approximate surface area is 136 Å². The van der Waals surface area contributed by atoms with Crippen molar-refractivity contribution in [2.75, 3.05) is 14.2 Å². The van der Waals surface area contributed by atoms with Crippen LogP contribution in [-0.2, 0) is 13.1 Å². The van der Waals surface area contributed by atoms with Crippen LogP contribution in [0.4, 0.5) is 5.69 Å². The highest BCUT2D eigenvalue weighted by Gasteiger charge is 2.14. The topological polar surface area (TPSA) is 55.6 Å². The van der Waals surface area contributed by atoms with E-state index in [2.05, 4.69) is 11.0 Å². The van der Waals surface area contributed by atoms with Gasteiger partial charge in [0.05, 0.1) is 12.0 Å². The fraction of sp³-hybridized carbons (Fsp3) is 0.333. The van der Waals surface area contributed by atoms with Crippen LogP contribution in [0.15, 0.2) is 36.4 Å². The lowest BCUT2D eigenvalue weighted by atomic mass is 10.1. The Balaban J connectivity index is 2.11. The van der Waals surface area contributed by atoms with Crippen molar-refractivity contribution in [2.24, 2.45) is 0 Å². The lowest BCUT2D eigenvalue weighted by Gasteiger charge is -2.19. The van der Waals surface area contributed by atoms with Gasteiger partial charge in [0.2, 0.25) is 0 Å². The van der Waals surface area contributed by atoms with E-state index >= 15 is 0 Å². The summed E-state index contributed by atoms with van der Waals surface area (Å²) in [5, 5.41) is 11.0. The van der Waals surface area contributed by atoms with E-state index < -0.39 is 0 Å². The zero-order chi connectivity index (χ0) is 17.0. The molecule has 0 spiro atoms. The lowest BCUT2D eigenvalue weighted by Crippen LogP contribution is -2.18. The summed E-state index contributed by atoms with van der Waals surface area (Å²) in [6.07, 6.45) is 0. The molecular weight excluding hydrogens is 292 g/mol. The summed E-state index contributed by atoms with van der Waals surface area (Å²) in [7, 11) is 3.68. The molecule has 122 valence electrons. The van der Waals surface area contributed by atoms with E-state index in [1.807, 2.05) is 32.2 Å². The average Bonchev–Trinajstić information content (AvgIpc) is 2.49. The van der Waals surface area contributed by atoms with Gasteiger partial charge < -0.3 is 4.74 Å². The van der Waals surface area contributed by atoms with Gasteiger partial charge in [0.25, 0.3) is 5.69 Å². The number of rotatable bonds is 6. The molecule has 2 rings (SSSR count). The van der Waals surface area contributed by atoms with Crippen LogP contribution in [0.3, 0.4) is 0 Å². The van der Waals surface area contributed by atoms with Crippen LogP contribution in [0.25, 0.3) is 0 Å². The number of hydrogen-bond donors (Lipinski definition) is 0. The summed E-state index contributed by atoms with van der Waals surface area (Å²) in [6.45, 7) is 5.26. The van der Waals surface area contributed by atoms with Crippen molar-refractivity contribution in [3.05, 3.63) is 68.8 Å². The number of nitrogens with zero attached hydrogens (tertiary/aromatic N) is 2. The van der Waals surface area contributed by atoms with E-state index in [1.54, 1.807) is 26.2 Å². The molecule has 0 aliphatic carbocycles. The number of nitro benzene ring substituents is 1. The summed E-state index contributed by atoms with van der Waals surface area (Å²) in [6, 6.07) is 11.4. The van der Waals surface area contributed by atoms with E-state index in [-0.39, 0.29) is 10.6 Å². The predicted molar refractivity (Wildman–Crippen MR) is 90.7 cm³/mol. The maximum Gasteiger partial charge on any atom is 0.272 e. The summed E-state index contributed by atoms with van der Waals surface area (Å²) < 4.78 is 5.27. The Morgan fingerprint density at radius 3 is 2.52 bits per heavy atom. The maximum absolute atomic E-state index is 11.0. The fourth-order valence-corrected chi connectivity index (χ4v) is 2.74. The van der Waals surface area contributed by atoms with Gasteiger partial charge in [-0.1, -0.05) is 24.3 Å². The zero-order valence-electron chi connectivity index (χ0n) is 14.0. The van der Waals surface area contributed by atoms with Crippen LogP contribution in [0, 0.1) is 24.0 Å². The van der Waals surface area contributed by atoms with Crippen LogP contribution in [-0.4, -0.2) is 24.0 Å².